The summed E-state index contributed by atoms with van der Waals surface area (Å²) in [7, 11) is 6.10. The van der Waals surface area contributed by atoms with E-state index in [1.54, 1.807) is 61.3 Å². The Morgan fingerprint density at radius 1 is 0.673 bits per heavy atom. The number of carbonyl (C=O) groups is 3. The Morgan fingerprint density at radius 2 is 1.12 bits per heavy atom. The van der Waals surface area contributed by atoms with Crippen LogP contribution in [0.15, 0.2) is 0 Å². The first kappa shape index (κ1) is 50.4. The molecule has 0 saturated carbocycles. The zero-order valence-corrected chi connectivity index (χ0v) is 36.1. The third-order valence-corrected chi connectivity index (χ3v) is 16.5. The quantitative estimate of drug-likeness (QED) is 0.0666. The van der Waals surface area contributed by atoms with Crippen molar-refractivity contribution >= 4 is 59.0 Å². The highest BCUT2D eigenvalue weighted by Crippen LogP contribution is 2.34. The van der Waals surface area contributed by atoms with Gasteiger partial charge in [0.1, 0.15) is 6.61 Å². The molecule has 0 aromatic carbocycles. The summed E-state index contributed by atoms with van der Waals surface area (Å²) in [6.07, 6.45) is 3.70. The molecule has 292 valence electrons. The van der Waals surface area contributed by atoms with Gasteiger partial charge in [0.05, 0.1) is 24.5 Å². The highest BCUT2D eigenvalue weighted by Gasteiger charge is 2.39. The van der Waals surface area contributed by atoms with Gasteiger partial charge in [-0.1, -0.05) is 6.42 Å². The number of aliphatic hydroxyl groups is 1. The van der Waals surface area contributed by atoms with Gasteiger partial charge in [0.2, 0.25) is 5.91 Å². The fourth-order valence-corrected chi connectivity index (χ4v) is 11.1. The standard InChI is InChI=1S/C20H40O8SSi.C12H27NO4SSi/c1-19(2,17(22)28-13-12-21)10-8-11-20(3,18(23)24-4)16-29-14-9-15-30(25-5,26-6)27-7;1-11(14)13-12(2,3)10-18-8-7-9-19(15-4,16-5)17-6/h21H,8-16H2,1-7H3;7-10H2,1-6H3,(H,13,14). The summed E-state index contributed by atoms with van der Waals surface area (Å²) in [6.45, 7) is 10.9. The Bertz CT molecular complexity index is 908. The molecule has 1 amide bonds. The van der Waals surface area contributed by atoms with Crippen LogP contribution in [-0.4, -0.2) is 132 Å². The summed E-state index contributed by atoms with van der Waals surface area (Å²) >= 11 is 3.50. The Hall–Kier alpha value is -0.736. The highest BCUT2D eigenvalue weighted by atomic mass is 32.2. The third kappa shape index (κ3) is 20.8. The summed E-state index contributed by atoms with van der Waals surface area (Å²) in [5, 5.41) is 11.7. The number of thioether (sulfide) groups is 2. The van der Waals surface area contributed by atoms with Crippen molar-refractivity contribution in [1.82, 2.24) is 5.32 Å². The summed E-state index contributed by atoms with van der Waals surface area (Å²) in [5.41, 5.74) is -1.48. The van der Waals surface area contributed by atoms with Crippen LogP contribution in [0.3, 0.4) is 0 Å². The van der Waals surface area contributed by atoms with Crippen molar-refractivity contribution in [1.29, 1.82) is 0 Å². The van der Waals surface area contributed by atoms with Crippen LogP contribution in [0.5, 0.6) is 0 Å². The van der Waals surface area contributed by atoms with Gasteiger partial charge in [0, 0.05) is 78.7 Å². The molecule has 0 rings (SSSR count). The van der Waals surface area contributed by atoms with Crippen molar-refractivity contribution in [3.05, 3.63) is 0 Å². The molecule has 0 saturated heterocycles. The molecule has 0 spiro atoms. The van der Waals surface area contributed by atoms with Crippen LogP contribution in [0, 0.1) is 10.8 Å². The molecule has 0 aliphatic heterocycles. The molecule has 2 N–H and O–H groups in total. The number of amides is 1. The first-order chi connectivity index (χ1) is 22.9. The lowest BCUT2D eigenvalue weighted by Gasteiger charge is -2.29. The first-order valence-electron chi connectivity index (χ1n) is 16.5. The molecular formula is C32H67NO12S2Si2. The van der Waals surface area contributed by atoms with E-state index in [0.29, 0.717) is 31.1 Å². The van der Waals surface area contributed by atoms with E-state index in [1.165, 1.54) is 7.11 Å². The molecule has 0 heterocycles. The number of aliphatic hydroxyl groups excluding tert-OH is 1. The molecule has 1 unspecified atom stereocenters. The van der Waals surface area contributed by atoms with Crippen molar-refractivity contribution in [3.63, 3.8) is 0 Å². The van der Waals surface area contributed by atoms with Crippen molar-refractivity contribution in [2.24, 2.45) is 10.8 Å². The maximum absolute atomic E-state index is 12.4. The predicted octanol–water partition coefficient (Wildman–Crippen LogP) is 4.80. The maximum Gasteiger partial charge on any atom is 0.500 e. The first-order valence-corrected chi connectivity index (χ1v) is 22.7. The Balaban J connectivity index is 0. The van der Waals surface area contributed by atoms with Crippen LogP contribution in [0.2, 0.25) is 12.1 Å². The second-order valence-corrected chi connectivity index (χ2v) is 21.5. The normalized spacial score (nSPS) is 13.6. The van der Waals surface area contributed by atoms with Crippen LogP contribution in [0.1, 0.15) is 73.6 Å². The number of methoxy groups -OCH3 is 1. The molecule has 13 nitrogen and oxygen atoms in total. The zero-order valence-electron chi connectivity index (χ0n) is 32.4. The molecule has 0 aromatic heterocycles. The van der Waals surface area contributed by atoms with Gasteiger partial charge in [-0.05, 0) is 71.8 Å². The molecule has 0 aliphatic carbocycles. The van der Waals surface area contributed by atoms with Crippen LogP contribution in [-0.2, 0) is 50.4 Å². The molecule has 1 atom stereocenters. The minimum Gasteiger partial charge on any atom is -0.469 e. The number of hydrogen-bond donors (Lipinski definition) is 2. The lowest BCUT2D eigenvalue weighted by atomic mass is 9.81. The maximum atomic E-state index is 12.4. The smallest absolute Gasteiger partial charge is 0.469 e. The van der Waals surface area contributed by atoms with E-state index in [0.717, 1.165) is 36.1 Å². The number of nitrogens with one attached hydrogen (secondary N) is 1. The number of ether oxygens (including phenoxy) is 2. The molecule has 49 heavy (non-hydrogen) atoms. The van der Waals surface area contributed by atoms with Crippen molar-refractivity contribution in [3.8, 4) is 0 Å². The number of carbonyl (C=O) groups excluding carboxylic acids is 3. The van der Waals surface area contributed by atoms with Gasteiger partial charge in [-0.25, -0.2) is 0 Å². The Kier molecular flexibility index (Phi) is 26.8. The van der Waals surface area contributed by atoms with Gasteiger partial charge in [-0.15, -0.1) is 0 Å². The van der Waals surface area contributed by atoms with E-state index in [1.807, 2.05) is 46.4 Å². The van der Waals surface area contributed by atoms with Gasteiger partial charge in [0.15, 0.2) is 0 Å². The summed E-state index contributed by atoms with van der Waals surface area (Å²) < 4.78 is 42.5. The van der Waals surface area contributed by atoms with Crippen molar-refractivity contribution in [2.45, 2.75) is 91.3 Å². The number of rotatable bonds is 27. The van der Waals surface area contributed by atoms with Crippen molar-refractivity contribution in [2.75, 3.05) is 86.0 Å². The van der Waals surface area contributed by atoms with Crippen LogP contribution < -0.4 is 5.32 Å². The van der Waals surface area contributed by atoms with Gasteiger partial charge < -0.3 is 46.5 Å². The molecule has 0 radical (unpaired) electrons. The van der Waals surface area contributed by atoms with Crippen LogP contribution in [0.25, 0.3) is 0 Å². The minimum atomic E-state index is -2.57. The van der Waals surface area contributed by atoms with E-state index >= 15 is 0 Å². The lowest BCUT2D eigenvalue weighted by molar-refractivity contribution is -0.155. The predicted molar refractivity (Wildman–Crippen MR) is 201 cm³/mol. The molecular weight excluding hydrogens is 711 g/mol. The highest BCUT2D eigenvalue weighted by molar-refractivity contribution is 7.99. The van der Waals surface area contributed by atoms with E-state index in [4.69, 9.17) is 41.1 Å². The van der Waals surface area contributed by atoms with E-state index in [2.05, 4.69) is 5.32 Å². The monoisotopic (exact) mass is 777 g/mol. The lowest BCUT2D eigenvalue weighted by Crippen LogP contribution is -2.44. The summed E-state index contributed by atoms with van der Waals surface area (Å²) in [6, 6.07) is 1.52. The largest absolute Gasteiger partial charge is 0.500 e. The average molecular weight is 778 g/mol. The minimum absolute atomic E-state index is 0.00185. The Morgan fingerprint density at radius 3 is 1.51 bits per heavy atom. The third-order valence-electron chi connectivity index (χ3n) is 7.89. The van der Waals surface area contributed by atoms with Gasteiger partial charge >= 0.3 is 29.5 Å². The fourth-order valence-electron chi connectivity index (χ4n) is 4.87. The second kappa shape index (κ2) is 26.1. The van der Waals surface area contributed by atoms with Gasteiger partial charge in [0.25, 0.3) is 0 Å². The summed E-state index contributed by atoms with van der Waals surface area (Å²) in [4.78, 5) is 35.6. The van der Waals surface area contributed by atoms with Crippen LogP contribution >= 0.6 is 23.5 Å². The van der Waals surface area contributed by atoms with E-state index in [9.17, 15) is 14.4 Å². The van der Waals surface area contributed by atoms with Crippen LogP contribution in [0.4, 0.5) is 0 Å². The van der Waals surface area contributed by atoms with Crippen molar-refractivity contribution < 1.29 is 55.5 Å². The molecule has 0 aromatic rings. The van der Waals surface area contributed by atoms with E-state index < -0.39 is 28.4 Å². The van der Waals surface area contributed by atoms with Gasteiger partial charge in [-0.2, -0.15) is 23.5 Å². The molecule has 0 aliphatic rings. The number of esters is 2. The van der Waals surface area contributed by atoms with Gasteiger partial charge in [-0.3, -0.25) is 14.4 Å². The fraction of sp³-hybridized carbons (Fsp3) is 0.906. The molecule has 0 bridgehead atoms. The molecule has 17 heteroatoms. The average Bonchev–Trinajstić information content (AvgIpc) is 3.06. The zero-order chi connectivity index (χ0) is 38.2. The topological polar surface area (TPSA) is 157 Å². The van der Waals surface area contributed by atoms with E-state index in [-0.39, 0.29) is 36.6 Å². The molecule has 0 fully saturated rings. The SMILES string of the molecule is COC(=O)C(C)(CCCC(C)(C)C(=O)OCCO)CSCCC[Si](OC)(OC)OC.CO[Si](CCCSCC(C)(C)NC(C)=O)(OC)OC. The number of hydrogen-bond acceptors (Lipinski definition) is 14. The summed E-state index contributed by atoms with van der Waals surface area (Å²) in [5.74, 6) is 2.77. The second-order valence-electron chi connectivity index (χ2n) is 13.1. The Labute approximate surface area is 307 Å².